The number of hydrogen-bond acceptors (Lipinski definition) is 5. The SMILES string of the molecule is C=C(CCC)C1C(C)=C(C)C(C)=C(C)C1(Oc1nc2ccccc2o1)c1nc2ccccc2o1. The number of fused-ring (bicyclic) bond motifs is 2. The van der Waals surface area contributed by atoms with Crippen molar-refractivity contribution in [2.45, 2.75) is 53.1 Å². The first kappa shape index (κ1) is 22.2. The third kappa shape index (κ3) is 3.30. The standard InChI is InChI=1S/C29H30N2O3/c1-7-12-17(2)26-20(5)18(3)19(4)21(6)29(26,27-30-22-13-8-10-15-24(22)32-27)34-28-31-23-14-9-11-16-25(23)33-28/h8-11,13-16,26H,2,7,12H2,1,3-6H3. The van der Waals surface area contributed by atoms with Gasteiger partial charge in [0.25, 0.3) is 0 Å². The van der Waals surface area contributed by atoms with Crippen molar-refractivity contribution < 1.29 is 13.6 Å². The molecule has 5 nitrogen and oxygen atoms in total. The average Bonchev–Trinajstić information content (AvgIpc) is 3.45. The molecule has 1 aliphatic carbocycles. The number of aromatic nitrogens is 2. The van der Waals surface area contributed by atoms with Crippen molar-refractivity contribution >= 4 is 22.2 Å². The Bertz CT molecular complexity index is 1400. The first-order chi connectivity index (χ1) is 16.4. The fourth-order valence-corrected chi connectivity index (χ4v) is 5.18. The van der Waals surface area contributed by atoms with Gasteiger partial charge < -0.3 is 13.6 Å². The van der Waals surface area contributed by atoms with E-state index in [0.717, 1.165) is 40.6 Å². The second-order valence-electron chi connectivity index (χ2n) is 9.17. The van der Waals surface area contributed by atoms with E-state index in [0.29, 0.717) is 17.1 Å². The number of allylic oxidation sites excluding steroid dienone is 2. The number of para-hydroxylation sites is 4. The number of oxazole rings is 2. The number of nitrogens with zero attached hydrogens (tertiary/aromatic N) is 2. The number of benzene rings is 2. The van der Waals surface area contributed by atoms with Crippen molar-refractivity contribution in [3.05, 3.63) is 88.9 Å². The summed E-state index contributed by atoms with van der Waals surface area (Å²) in [6, 6.07) is 15.4. The Kier molecular flexibility index (Phi) is 5.43. The summed E-state index contributed by atoms with van der Waals surface area (Å²) in [4.78, 5) is 9.58. The van der Waals surface area contributed by atoms with Gasteiger partial charge in [-0.3, -0.25) is 0 Å². The summed E-state index contributed by atoms with van der Waals surface area (Å²) < 4.78 is 19.3. The van der Waals surface area contributed by atoms with E-state index in [2.05, 4.69) is 46.2 Å². The summed E-state index contributed by atoms with van der Waals surface area (Å²) >= 11 is 0. The van der Waals surface area contributed by atoms with Gasteiger partial charge in [0.1, 0.15) is 11.0 Å². The van der Waals surface area contributed by atoms with Gasteiger partial charge in [-0.05, 0) is 75.1 Å². The lowest BCUT2D eigenvalue weighted by molar-refractivity contribution is 0.0121. The Hall–Kier alpha value is -3.60. The van der Waals surface area contributed by atoms with Crippen LogP contribution in [0.4, 0.5) is 0 Å². The molecule has 2 unspecified atom stereocenters. The monoisotopic (exact) mass is 454 g/mol. The maximum absolute atomic E-state index is 6.84. The Labute approximate surface area is 199 Å². The van der Waals surface area contributed by atoms with Crippen LogP contribution in [0.15, 0.2) is 91.8 Å². The molecule has 0 fully saturated rings. The maximum atomic E-state index is 6.84. The first-order valence-electron chi connectivity index (χ1n) is 11.8. The molecular formula is C29H30N2O3. The highest BCUT2D eigenvalue weighted by Gasteiger charge is 2.54. The van der Waals surface area contributed by atoms with Crippen LogP contribution in [-0.4, -0.2) is 9.97 Å². The molecule has 0 saturated heterocycles. The predicted molar refractivity (Wildman–Crippen MR) is 135 cm³/mol. The van der Waals surface area contributed by atoms with Crippen LogP contribution in [0.5, 0.6) is 6.08 Å². The van der Waals surface area contributed by atoms with E-state index < -0.39 is 5.60 Å². The molecular weight excluding hydrogens is 424 g/mol. The van der Waals surface area contributed by atoms with Crippen molar-refractivity contribution in [3.8, 4) is 6.08 Å². The zero-order chi connectivity index (χ0) is 24.0. The fourth-order valence-electron chi connectivity index (χ4n) is 5.18. The van der Waals surface area contributed by atoms with Gasteiger partial charge in [-0.25, -0.2) is 4.98 Å². The van der Waals surface area contributed by atoms with Crippen molar-refractivity contribution in [1.29, 1.82) is 0 Å². The average molecular weight is 455 g/mol. The molecule has 2 heterocycles. The third-order valence-corrected chi connectivity index (χ3v) is 7.23. The lowest BCUT2D eigenvalue weighted by atomic mass is 9.66. The molecule has 0 saturated carbocycles. The van der Waals surface area contributed by atoms with Gasteiger partial charge in [0.2, 0.25) is 11.5 Å². The zero-order valence-corrected chi connectivity index (χ0v) is 20.4. The normalized spacial score (nSPS) is 21.0. The van der Waals surface area contributed by atoms with Gasteiger partial charge in [0, 0.05) is 0 Å². The van der Waals surface area contributed by atoms with Gasteiger partial charge in [-0.1, -0.05) is 55.3 Å². The van der Waals surface area contributed by atoms with Crippen LogP contribution >= 0.6 is 0 Å². The van der Waals surface area contributed by atoms with Crippen LogP contribution in [0.3, 0.4) is 0 Å². The van der Waals surface area contributed by atoms with Crippen molar-refractivity contribution in [3.63, 3.8) is 0 Å². The minimum atomic E-state index is -1.07. The van der Waals surface area contributed by atoms with E-state index in [1.165, 1.54) is 11.1 Å². The highest BCUT2D eigenvalue weighted by atomic mass is 16.6. The second-order valence-corrected chi connectivity index (χ2v) is 9.17. The van der Waals surface area contributed by atoms with Crippen LogP contribution in [0, 0.1) is 5.92 Å². The van der Waals surface area contributed by atoms with Crippen molar-refractivity contribution in [2.75, 3.05) is 0 Å². The van der Waals surface area contributed by atoms with E-state index in [1.54, 1.807) is 0 Å². The molecule has 1 aliphatic rings. The van der Waals surface area contributed by atoms with Crippen LogP contribution < -0.4 is 4.74 Å². The van der Waals surface area contributed by atoms with Crippen LogP contribution in [0.1, 0.15) is 53.4 Å². The van der Waals surface area contributed by atoms with Gasteiger partial charge in [0.05, 0.1) is 5.92 Å². The molecule has 0 amide bonds. The molecule has 5 rings (SSSR count). The highest BCUT2D eigenvalue weighted by Crippen LogP contribution is 2.53. The van der Waals surface area contributed by atoms with Gasteiger partial charge >= 0.3 is 6.08 Å². The predicted octanol–water partition coefficient (Wildman–Crippen LogP) is 7.90. The zero-order valence-electron chi connectivity index (χ0n) is 20.4. The summed E-state index contributed by atoms with van der Waals surface area (Å²) in [5, 5.41) is 0. The molecule has 0 bridgehead atoms. The Morgan fingerprint density at radius 3 is 2.15 bits per heavy atom. The molecule has 4 aromatic rings. The summed E-state index contributed by atoms with van der Waals surface area (Å²) in [6.45, 7) is 15.2. The van der Waals surface area contributed by atoms with Crippen LogP contribution in [0.25, 0.3) is 22.2 Å². The van der Waals surface area contributed by atoms with E-state index in [9.17, 15) is 0 Å². The first-order valence-corrected chi connectivity index (χ1v) is 11.8. The largest absolute Gasteiger partial charge is 0.436 e. The third-order valence-electron chi connectivity index (χ3n) is 7.23. The second kappa shape index (κ2) is 8.32. The molecule has 174 valence electrons. The fraction of sp³-hybridized carbons (Fsp3) is 0.310. The highest BCUT2D eigenvalue weighted by molar-refractivity contribution is 5.73. The topological polar surface area (TPSA) is 61.3 Å². The Balaban J connectivity index is 1.80. The molecule has 2 atom stereocenters. The minimum Gasteiger partial charge on any atom is -0.436 e. The molecule has 0 spiro atoms. The van der Waals surface area contributed by atoms with E-state index in [-0.39, 0.29) is 12.0 Å². The number of rotatable bonds is 6. The Morgan fingerprint density at radius 2 is 1.53 bits per heavy atom. The molecule has 5 heteroatoms. The molecule has 34 heavy (non-hydrogen) atoms. The van der Waals surface area contributed by atoms with Crippen molar-refractivity contribution in [2.24, 2.45) is 5.92 Å². The van der Waals surface area contributed by atoms with E-state index in [1.807, 2.05) is 48.5 Å². The lowest BCUT2D eigenvalue weighted by Crippen LogP contribution is -2.46. The summed E-state index contributed by atoms with van der Waals surface area (Å²) in [6.07, 6.45) is 2.04. The lowest BCUT2D eigenvalue weighted by Gasteiger charge is -2.44. The Morgan fingerprint density at radius 1 is 0.912 bits per heavy atom. The maximum Gasteiger partial charge on any atom is 0.396 e. The summed E-state index contributed by atoms with van der Waals surface area (Å²) in [5.74, 6) is 0.307. The molecule has 2 aromatic heterocycles. The van der Waals surface area contributed by atoms with Crippen LogP contribution in [-0.2, 0) is 5.60 Å². The van der Waals surface area contributed by atoms with Gasteiger partial charge in [-0.15, -0.1) is 0 Å². The van der Waals surface area contributed by atoms with E-state index >= 15 is 0 Å². The van der Waals surface area contributed by atoms with Crippen molar-refractivity contribution in [1.82, 2.24) is 9.97 Å². The quantitative estimate of drug-likeness (QED) is 0.277. The van der Waals surface area contributed by atoms with Crippen LogP contribution in [0.2, 0.25) is 0 Å². The van der Waals surface area contributed by atoms with Gasteiger partial charge in [-0.2, -0.15) is 4.98 Å². The summed E-state index contributed by atoms with van der Waals surface area (Å²) in [7, 11) is 0. The molecule has 0 radical (unpaired) electrons. The molecule has 2 aromatic carbocycles. The summed E-state index contributed by atoms with van der Waals surface area (Å²) in [5.41, 5.74) is 7.53. The number of ether oxygens (including phenoxy) is 1. The van der Waals surface area contributed by atoms with E-state index in [4.69, 9.17) is 18.6 Å². The molecule has 0 N–H and O–H groups in total. The smallest absolute Gasteiger partial charge is 0.396 e. The van der Waals surface area contributed by atoms with Gasteiger partial charge in [0.15, 0.2) is 11.2 Å². The molecule has 0 aliphatic heterocycles. The number of hydrogen-bond donors (Lipinski definition) is 0. The minimum absolute atomic E-state index is 0.181.